The number of hydrogen-bond acceptors (Lipinski definition) is 3. The molecule has 1 saturated heterocycles. The second-order valence-corrected chi connectivity index (χ2v) is 4.59. The van der Waals surface area contributed by atoms with Gasteiger partial charge >= 0.3 is 5.97 Å². The zero-order valence-corrected chi connectivity index (χ0v) is 11.7. The van der Waals surface area contributed by atoms with Crippen molar-refractivity contribution < 1.29 is 9.53 Å². The number of esters is 1. The molecule has 0 aromatic heterocycles. The standard InChI is InChI=1S/C16H15NO2.ClH/c18-14-11-17-15(12-7-3-1-4-8-12)16(19-14)13-9-5-2-6-10-13;/h1-10,15-17H,11H2;1H/t15-,16+;/m1./s1. The van der Waals surface area contributed by atoms with Gasteiger partial charge in [0.25, 0.3) is 0 Å². The van der Waals surface area contributed by atoms with Crippen molar-refractivity contribution in [2.45, 2.75) is 12.1 Å². The van der Waals surface area contributed by atoms with Gasteiger partial charge in [0.05, 0.1) is 12.6 Å². The average molecular weight is 290 g/mol. The first kappa shape index (κ1) is 14.6. The molecule has 1 aliphatic heterocycles. The van der Waals surface area contributed by atoms with Gasteiger partial charge in [-0.05, 0) is 11.1 Å². The van der Waals surface area contributed by atoms with Crippen molar-refractivity contribution in [3.8, 4) is 0 Å². The van der Waals surface area contributed by atoms with Crippen LogP contribution in [0.1, 0.15) is 23.3 Å². The lowest BCUT2D eigenvalue weighted by Gasteiger charge is -2.32. The van der Waals surface area contributed by atoms with Crippen molar-refractivity contribution in [1.29, 1.82) is 0 Å². The van der Waals surface area contributed by atoms with E-state index in [1.165, 1.54) is 0 Å². The molecule has 2 aromatic rings. The molecule has 1 N–H and O–H groups in total. The van der Waals surface area contributed by atoms with Crippen molar-refractivity contribution in [2.75, 3.05) is 6.54 Å². The minimum Gasteiger partial charge on any atom is -0.454 e. The van der Waals surface area contributed by atoms with Crippen LogP contribution in [0.15, 0.2) is 60.7 Å². The number of benzene rings is 2. The first-order valence-corrected chi connectivity index (χ1v) is 6.37. The van der Waals surface area contributed by atoms with E-state index in [2.05, 4.69) is 5.32 Å². The lowest BCUT2D eigenvalue weighted by molar-refractivity contribution is -0.155. The van der Waals surface area contributed by atoms with Gasteiger partial charge in [-0.1, -0.05) is 60.7 Å². The Labute approximate surface area is 124 Å². The van der Waals surface area contributed by atoms with Crippen LogP contribution in [0.2, 0.25) is 0 Å². The van der Waals surface area contributed by atoms with E-state index < -0.39 is 0 Å². The summed E-state index contributed by atoms with van der Waals surface area (Å²) >= 11 is 0. The van der Waals surface area contributed by atoms with Crippen LogP contribution in [0.5, 0.6) is 0 Å². The van der Waals surface area contributed by atoms with Gasteiger partial charge in [0.15, 0.2) is 0 Å². The number of cyclic esters (lactones) is 1. The third kappa shape index (κ3) is 3.00. The van der Waals surface area contributed by atoms with Crippen LogP contribution in [-0.2, 0) is 9.53 Å². The Kier molecular flexibility index (Phi) is 4.77. The second-order valence-electron chi connectivity index (χ2n) is 4.59. The smallest absolute Gasteiger partial charge is 0.320 e. The van der Waals surface area contributed by atoms with E-state index in [-0.39, 0.29) is 37.1 Å². The van der Waals surface area contributed by atoms with Gasteiger partial charge in [0, 0.05) is 0 Å². The highest BCUT2D eigenvalue weighted by Gasteiger charge is 2.32. The first-order chi connectivity index (χ1) is 9.34. The molecule has 0 unspecified atom stereocenters. The zero-order valence-electron chi connectivity index (χ0n) is 10.9. The summed E-state index contributed by atoms with van der Waals surface area (Å²) in [7, 11) is 0. The molecule has 1 fully saturated rings. The maximum atomic E-state index is 11.5. The molecule has 0 aliphatic carbocycles. The molecule has 0 spiro atoms. The number of halogens is 1. The van der Waals surface area contributed by atoms with Gasteiger partial charge in [-0.3, -0.25) is 10.1 Å². The number of carbonyl (C=O) groups is 1. The van der Waals surface area contributed by atoms with E-state index in [1.807, 2.05) is 60.7 Å². The summed E-state index contributed by atoms with van der Waals surface area (Å²) in [5.41, 5.74) is 2.14. The SMILES string of the molecule is Cl.O=C1CN[C@H](c2ccccc2)[C@H](c2ccccc2)O1. The first-order valence-electron chi connectivity index (χ1n) is 6.37. The minimum atomic E-state index is -0.273. The summed E-state index contributed by atoms with van der Waals surface area (Å²) in [5, 5.41) is 3.26. The number of morpholine rings is 1. The lowest BCUT2D eigenvalue weighted by atomic mass is 9.94. The van der Waals surface area contributed by atoms with E-state index in [4.69, 9.17) is 4.74 Å². The van der Waals surface area contributed by atoms with Crippen molar-refractivity contribution in [3.63, 3.8) is 0 Å². The predicted molar refractivity (Wildman–Crippen MR) is 79.7 cm³/mol. The van der Waals surface area contributed by atoms with Gasteiger partial charge in [-0.15, -0.1) is 12.4 Å². The number of nitrogens with one attached hydrogen (secondary N) is 1. The molecule has 20 heavy (non-hydrogen) atoms. The Morgan fingerprint density at radius 2 is 1.45 bits per heavy atom. The summed E-state index contributed by atoms with van der Waals surface area (Å²) in [4.78, 5) is 11.5. The van der Waals surface area contributed by atoms with E-state index in [9.17, 15) is 4.79 Å². The molecule has 2 aromatic carbocycles. The van der Waals surface area contributed by atoms with Crippen LogP contribution in [-0.4, -0.2) is 12.5 Å². The summed E-state index contributed by atoms with van der Waals surface area (Å²) in [6.07, 6.45) is -0.273. The van der Waals surface area contributed by atoms with Crippen LogP contribution in [0.4, 0.5) is 0 Å². The second kappa shape index (κ2) is 6.55. The van der Waals surface area contributed by atoms with E-state index >= 15 is 0 Å². The number of carbonyl (C=O) groups excluding carboxylic acids is 1. The normalized spacial score (nSPS) is 21.7. The van der Waals surface area contributed by atoms with Gasteiger partial charge in [0.2, 0.25) is 0 Å². The maximum Gasteiger partial charge on any atom is 0.320 e. The van der Waals surface area contributed by atoms with E-state index in [1.54, 1.807) is 0 Å². The highest BCUT2D eigenvalue weighted by Crippen LogP contribution is 2.34. The Bertz CT molecular complexity index is 559. The molecular formula is C16H16ClNO2. The van der Waals surface area contributed by atoms with Gasteiger partial charge < -0.3 is 4.74 Å². The fraction of sp³-hybridized carbons (Fsp3) is 0.188. The van der Waals surface area contributed by atoms with Gasteiger partial charge in [0.1, 0.15) is 6.10 Å². The molecule has 0 amide bonds. The molecule has 3 rings (SSSR count). The van der Waals surface area contributed by atoms with Crippen molar-refractivity contribution in [2.24, 2.45) is 0 Å². The van der Waals surface area contributed by atoms with Gasteiger partial charge in [-0.25, -0.2) is 0 Å². The monoisotopic (exact) mass is 289 g/mol. The third-order valence-electron chi connectivity index (χ3n) is 3.31. The van der Waals surface area contributed by atoms with Crippen molar-refractivity contribution in [1.82, 2.24) is 5.32 Å². The van der Waals surface area contributed by atoms with Crippen molar-refractivity contribution in [3.05, 3.63) is 71.8 Å². The molecule has 2 atom stereocenters. The molecule has 104 valence electrons. The Morgan fingerprint density at radius 3 is 2.05 bits per heavy atom. The molecule has 0 saturated carbocycles. The van der Waals surface area contributed by atoms with Crippen LogP contribution in [0.3, 0.4) is 0 Å². The summed E-state index contributed by atoms with van der Waals surface area (Å²) in [6.45, 7) is 0.253. The van der Waals surface area contributed by atoms with Gasteiger partial charge in [-0.2, -0.15) is 0 Å². The molecule has 0 bridgehead atoms. The summed E-state index contributed by atoms with van der Waals surface area (Å²) < 4.78 is 5.54. The molecule has 1 heterocycles. The van der Waals surface area contributed by atoms with E-state index in [0.717, 1.165) is 11.1 Å². The Morgan fingerprint density at radius 1 is 0.900 bits per heavy atom. The zero-order chi connectivity index (χ0) is 13.1. The summed E-state index contributed by atoms with van der Waals surface area (Å²) in [6, 6.07) is 19.9. The number of hydrogen-bond donors (Lipinski definition) is 1. The predicted octanol–water partition coefficient (Wildman–Crippen LogP) is 3.04. The quantitative estimate of drug-likeness (QED) is 0.864. The van der Waals surface area contributed by atoms with E-state index in [0.29, 0.717) is 0 Å². The van der Waals surface area contributed by atoms with Crippen LogP contribution >= 0.6 is 12.4 Å². The summed E-state index contributed by atoms with van der Waals surface area (Å²) in [5.74, 6) is -0.207. The fourth-order valence-corrected chi connectivity index (χ4v) is 2.41. The lowest BCUT2D eigenvalue weighted by Crippen LogP contribution is -2.40. The fourth-order valence-electron chi connectivity index (χ4n) is 2.41. The number of ether oxygens (including phenoxy) is 1. The molecule has 4 heteroatoms. The Hall–Kier alpha value is -1.84. The number of rotatable bonds is 2. The average Bonchev–Trinajstić information content (AvgIpc) is 2.49. The minimum absolute atomic E-state index is 0. The molecular weight excluding hydrogens is 274 g/mol. The Balaban J connectivity index is 0.00000147. The van der Waals surface area contributed by atoms with Crippen molar-refractivity contribution >= 4 is 18.4 Å². The highest BCUT2D eigenvalue weighted by atomic mass is 35.5. The largest absolute Gasteiger partial charge is 0.454 e. The maximum absolute atomic E-state index is 11.5. The highest BCUT2D eigenvalue weighted by molar-refractivity contribution is 5.85. The molecule has 3 nitrogen and oxygen atoms in total. The molecule has 1 aliphatic rings. The van der Waals surface area contributed by atoms with Crippen LogP contribution < -0.4 is 5.32 Å². The molecule has 0 radical (unpaired) electrons. The van der Waals surface area contributed by atoms with Crippen LogP contribution in [0, 0.1) is 0 Å². The van der Waals surface area contributed by atoms with Crippen LogP contribution in [0.25, 0.3) is 0 Å². The third-order valence-corrected chi connectivity index (χ3v) is 3.31. The topological polar surface area (TPSA) is 38.3 Å².